The molecular formula is C22H36O5. The van der Waals surface area contributed by atoms with Crippen molar-refractivity contribution in [3.8, 4) is 0 Å². The van der Waals surface area contributed by atoms with Crippen LogP contribution in [0.2, 0.25) is 0 Å². The van der Waals surface area contributed by atoms with Crippen molar-refractivity contribution in [2.24, 2.45) is 11.8 Å². The second-order valence-corrected chi connectivity index (χ2v) is 7.71. The van der Waals surface area contributed by atoms with Gasteiger partial charge in [-0.15, -0.1) is 5.73 Å². The molecule has 0 heterocycles. The van der Waals surface area contributed by atoms with Crippen molar-refractivity contribution < 1.29 is 24.9 Å². The van der Waals surface area contributed by atoms with Crippen LogP contribution < -0.4 is 0 Å². The third-order valence-corrected chi connectivity index (χ3v) is 5.23. The van der Waals surface area contributed by atoms with Crippen LogP contribution in [0, 0.1) is 11.8 Å². The molecule has 27 heavy (non-hydrogen) atoms. The van der Waals surface area contributed by atoms with Gasteiger partial charge in [-0.3, -0.25) is 4.79 Å². The summed E-state index contributed by atoms with van der Waals surface area (Å²) in [7, 11) is 1.36. The van der Waals surface area contributed by atoms with Crippen molar-refractivity contribution in [3.63, 3.8) is 0 Å². The van der Waals surface area contributed by atoms with E-state index in [-0.39, 0.29) is 17.8 Å². The van der Waals surface area contributed by atoms with Crippen LogP contribution >= 0.6 is 0 Å². The van der Waals surface area contributed by atoms with Gasteiger partial charge in [-0.25, -0.2) is 0 Å². The number of carbonyl (C=O) groups is 1. The second-order valence-electron chi connectivity index (χ2n) is 7.71. The Morgan fingerprint density at radius 3 is 2.67 bits per heavy atom. The molecule has 5 heteroatoms. The smallest absolute Gasteiger partial charge is 0.305 e. The molecule has 1 fully saturated rings. The van der Waals surface area contributed by atoms with E-state index in [1.807, 2.05) is 12.2 Å². The Morgan fingerprint density at radius 1 is 1.26 bits per heavy atom. The summed E-state index contributed by atoms with van der Waals surface area (Å²) >= 11 is 0. The molecule has 5 atom stereocenters. The Morgan fingerprint density at radius 2 is 2.00 bits per heavy atom. The van der Waals surface area contributed by atoms with Crippen LogP contribution in [-0.2, 0) is 9.53 Å². The van der Waals surface area contributed by atoms with Gasteiger partial charge in [0.05, 0.1) is 24.9 Å². The Balaban J connectivity index is 2.62. The Hall–Kier alpha value is -1.39. The first kappa shape index (κ1) is 23.6. The normalized spacial score (nSPS) is 27.2. The van der Waals surface area contributed by atoms with Crippen LogP contribution in [-0.4, -0.2) is 46.2 Å². The maximum Gasteiger partial charge on any atom is 0.305 e. The summed E-state index contributed by atoms with van der Waals surface area (Å²) in [6, 6.07) is 0. The van der Waals surface area contributed by atoms with Gasteiger partial charge in [0.15, 0.2) is 0 Å². The number of aliphatic hydroxyl groups excluding tert-OH is 2. The standard InChI is InChI=1S/C22H36O5/c1-4-5-10-14-22(2,26)15-13-18-17(19(23)16-20(18)24)11-8-6-7-9-12-21(25)27-3/h7-8,13,15,17-20,23-24,26H,4-5,9-12,14,16H2,1-3H3/t6?,17-,18-,19?,20?,22?/m1/s1. The number of hydrogen-bond acceptors (Lipinski definition) is 5. The Labute approximate surface area is 163 Å². The van der Waals surface area contributed by atoms with Crippen molar-refractivity contribution in [1.29, 1.82) is 0 Å². The summed E-state index contributed by atoms with van der Waals surface area (Å²) in [5, 5.41) is 31.0. The molecule has 0 aromatic rings. The van der Waals surface area contributed by atoms with Gasteiger partial charge in [0, 0.05) is 18.8 Å². The summed E-state index contributed by atoms with van der Waals surface area (Å²) in [6.45, 7) is 3.92. The first-order valence-corrected chi connectivity index (χ1v) is 10.0. The topological polar surface area (TPSA) is 87.0 Å². The van der Waals surface area contributed by atoms with Crippen LogP contribution in [0.4, 0.5) is 0 Å². The number of methoxy groups -OCH3 is 1. The fourth-order valence-electron chi connectivity index (χ4n) is 3.50. The zero-order chi connectivity index (χ0) is 20.3. The highest BCUT2D eigenvalue weighted by Gasteiger charge is 2.39. The number of rotatable bonds is 11. The van der Waals surface area contributed by atoms with Crippen LogP contribution in [0.25, 0.3) is 0 Å². The number of aliphatic hydroxyl groups is 3. The molecule has 0 radical (unpaired) electrons. The molecule has 1 aliphatic carbocycles. The van der Waals surface area contributed by atoms with E-state index in [1.165, 1.54) is 7.11 Å². The average Bonchev–Trinajstić information content (AvgIpc) is 2.89. The zero-order valence-electron chi connectivity index (χ0n) is 16.9. The van der Waals surface area contributed by atoms with Gasteiger partial charge in [0.1, 0.15) is 0 Å². The van der Waals surface area contributed by atoms with Gasteiger partial charge in [-0.2, -0.15) is 0 Å². The molecule has 1 aliphatic rings. The van der Waals surface area contributed by atoms with Crippen molar-refractivity contribution in [2.75, 3.05) is 7.11 Å². The SMILES string of the molecule is CCCCCC(C)(O)C=C[C@H]1C(O)CC(O)[C@@H]1CC=C=CCCC(=O)OC. The monoisotopic (exact) mass is 380 g/mol. The lowest BCUT2D eigenvalue weighted by Gasteiger charge is -2.23. The molecular weight excluding hydrogens is 344 g/mol. The fourth-order valence-corrected chi connectivity index (χ4v) is 3.50. The fraction of sp³-hybridized carbons (Fsp3) is 0.727. The van der Waals surface area contributed by atoms with Gasteiger partial charge < -0.3 is 20.1 Å². The molecule has 0 aromatic carbocycles. The third-order valence-electron chi connectivity index (χ3n) is 5.23. The minimum atomic E-state index is -0.892. The summed E-state index contributed by atoms with van der Waals surface area (Å²) in [4.78, 5) is 11.0. The molecule has 5 nitrogen and oxygen atoms in total. The minimum absolute atomic E-state index is 0.107. The highest BCUT2D eigenvalue weighted by Crippen LogP contribution is 2.36. The van der Waals surface area contributed by atoms with Gasteiger partial charge in [0.25, 0.3) is 0 Å². The van der Waals surface area contributed by atoms with Crippen molar-refractivity contribution in [2.45, 2.75) is 83.0 Å². The minimum Gasteiger partial charge on any atom is -0.469 e. The molecule has 1 saturated carbocycles. The van der Waals surface area contributed by atoms with Crippen molar-refractivity contribution >= 4 is 5.97 Å². The van der Waals surface area contributed by atoms with E-state index < -0.39 is 17.8 Å². The molecule has 0 amide bonds. The molecule has 3 N–H and O–H groups in total. The highest BCUT2D eigenvalue weighted by atomic mass is 16.5. The lowest BCUT2D eigenvalue weighted by Crippen LogP contribution is -2.24. The first-order chi connectivity index (χ1) is 12.8. The van der Waals surface area contributed by atoms with Gasteiger partial charge >= 0.3 is 5.97 Å². The molecule has 3 unspecified atom stereocenters. The van der Waals surface area contributed by atoms with E-state index >= 15 is 0 Å². The maximum absolute atomic E-state index is 11.0. The number of carbonyl (C=O) groups excluding carboxylic acids is 1. The third kappa shape index (κ3) is 8.89. The van der Waals surface area contributed by atoms with E-state index in [4.69, 9.17) is 0 Å². The lowest BCUT2D eigenvalue weighted by atomic mass is 9.88. The molecule has 0 saturated heterocycles. The van der Waals surface area contributed by atoms with Crippen molar-refractivity contribution in [1.82, 2.24) is 0 Å². The Bertz CT molecular complexity index is 531. The van der Waals surface area contributed by atoms with E-state index in [2.05, 4.69) is 17.4 Å². The van der Waals surface area contributed by atoms with Gasteiger partial charge in [0.2, 0.25) is 0 Å². The summed E-state index contributed by atoms with van der Waals surface area (Å²) in [6.07, 6.45) is 11.7. The van der Waals surface area contributed by atoms with E-state index in [9.17, 15) is 20.1 Å². The highest BCUT2D eigenvalue weighted by molar-refractivity contribution is 5.69. The van der Waals surface area contributed by atoms with Crippen LogP contribution in [0.1, 0.15) is 65.2 Å². The van der Waals surface area contributed by atoms with Gasteiger partial charge in [-0.05, 0) is 44.3 Å². The number of unbranched alkanes of at least 4 members (excludes halogenated alkanes) is 2. The summed E-state index contributed by atoms with van der Waals surface area (Å²) in [5.41, 5.74) is 2.14. The molecule has 0 spiro atoms. The van der Waals surface area contributed by atoms with E-state index in [1.54, 1.807) is 19.1 Å². The molecule has 0 bridgehead atoms. The predicted octanol–water partition coefficient (Wildman–Crippen LogP) is 3.29. The van der Waals surface area contributed by atoms with Crippen LogP contribution in [0.15, 0.2) is 30.0 Å². The summed E-state index contributed by atoms with van der Waals surface area (Å²) < 4.78 is 4.58. The molecule has 0 aliphatic heterocycles. The quantitative estimate of drug-likeness (QED) is 0.222. The number of ether oxygens (including phenoxy) is 1. The predicted molar refractivity (Wildman–Crippen MR) is 106 cm³/mol. The molecule has 154 valence electrons. The number of allylic oxidation sites excluding steroid dienone is 1. The Kier molecular flexibility index (Phi) is 10.6. The largest absolute Gasteiger partial charge is 0.469 e. The second kappa shape index (κ2) is 12.1. The van der Waals surface area contributed by atoms with Crippen LogP contribution in [0.5, 0.6) is 0 Å². The van der Waals surface area contributed by atoms with Crippen LogP contribution in [0.3, 0.4) is 0 Å². The van der Waals surface area contributed by atoms with Gasteiger partial charge in [-0.1, -0.05) is 38.3 Å². The lowest BCUT2D eigenvalue weighted by molar-refractivity contribution is -0.140. The average molecular weight is 381 g/mol. The number of hydrogen-bond donors (Lipinski definition) is 3. The maximum atomic E-state index is 11.0. The van der Waals surface area contributed by atoms with E-state index in [0.29, 0.717) is 32.1 Å². The molecule has 0 aromatic heterocycles. The first-order valence-electron chi connectivity index (χ1n) is 10.0. The zero-order valence-corrected chi connectivity index (χ0v) is 16.9. The van der Waals surface area contributed by atoms with E-state index in [0.717, 1.165) is 19.3 Å². The summed E-state index contributed by atoms with van der Waals surface area (Å²) in [5.74, 6) is -0.548. The molecule has 1 rings (SSSR count). The number of esters is 1. The van der Waals surface area contributed by atoms with Crippen molar-refractivity contribution in [3.05, 3.63) is 30.0 Å².